The predicted molar refractivity (Wildman–Crippen MR) is 289 cm³/mol. The Kier molecular flexibility index (Phi) is 17.1. The third-order valence-corrected chi connectivity index (χ3v) is 13.4. The molecule has 2 saturated heterocycles. The SMILES string of the molecule is CC[C@@H]1CN(c2ncc(Cl)c(Nc3ccc4c(c3)cc(OCC(=O)NC)c(=O)n4C(C)C)n2)C[C@@H](CCNC(=O)COc2cc3cc(Nc4nc(N5C[C@H](CC)O[C@H](C)C5)ncc4Cl)ccc3n(C(C)C)c2=O)O1. The van der Waals surface area contributed by atoms with Crippen LogP contribution in [0.5, 0.6) is 11.5 Å². The van der Waals surface area contributed by atoms with E-state index in [0.717, 1.165) is 12.8 Å². The van der Waals surface area contributed by atoms with Crippen LogP contribution in [0.15, 0.2) is 70.5 Å². The molecule has 22 heteroatoms. The lowest BCUT2D eigenvalue weighted by molar-refractivity contribution is -0.123. The summed E-state index contributed by atoms with van der Waals surface area (Å²) in [6, 6.07) is 14.0. The van der Waals surface area contributed by atoms with Crippen LogP contribution in [0.4, 0.5) is 34.9 Å². The van der Waals surface area contributed by atoms with Crippen LogP contribution in [0.3, 0.4) is 0 Å². The van der Waals surface area contributed by atoms with Crippen molar-refractivity contribution >= 4 is 91.7 Å². The van der Waals surface area contributed by atoms with Gasteiger partial charge < -0.3 is 59.1 Å². The van der Waals surface area contributed by atoms with Crippen LogP contribution in [0.2, 0.25) is 10.0 Å². The average Bonchev–Trinajstić information content (AvgIpc) is 3.38. The zero-order valence-electron chi connectivity index (χ0n) is 42.9. The van der Waals surface area contributed by atoms with Crippen LogP contribution in [-0.2, 0) is 19.1 Å². The summed E-state index contributed by atoms with van der Waals surface area (Å²) < 4.78 is 27.3. The first-order chi connectivity index (χ1) is 35.5. The van der Waals surface area contributed by atoms with E-state index < -0.39 is 5.91 Å². The number of hydrogen-bond acceptors (Lipinski definition) is 16. The number of amides is 2. The molecular weight excluding hydrogens is 992 g/mol. The van der Waals surface area contributed by atoms with Crippen molar-refractivity contribution in [3.8, 4) is 11.5 Å². The molecule has 20 nitrogen and oxygen atoms in total. The zero-order chi connectivity index (χ0) is 52.8. The topological polar surface area (TPSA) is 221 Å². The Balaban J connectivity index is 0.902. The minimum absolute atomic E-state index is 0.0315. The first-order valence-electron chi connectivity index (χ1n) is 25.0. The molecule has 74 heavy (non-hydrogen) atoms. The maximum atomic E-state index is 13.8. The van der Waals surface area contributed by atoms with Crippen LogP contribution < -0.4 is 51.7 Å². The normalized spacial score (nSPS) is 18.0. The number of pyridine rings is 2. The highest BCUT2D eigenvalue weighted by Crippen LogP contribution is 2.32. The number of hydrogen-bond donors (Lipinski definition) is 4. The molecule has 0 bridgehead atoms. The molecule has 0 saturated carbocycles. The fourth-order valence-electron chi connectivity index (χ4n) is 9.19. The van der Waals surface area contributed by atoms with Gasteiger partial charge in [-0.1, -0.05) is 37.0 Å². The first kappa shape index (κ1) is 53.5. The monoisotopic (exact) mass is 1050 g/mol. The first-order valence-corrected chi connectivity index (χ1v) is 25.8. The van der Waals surface area contributed by atoms with Crippen molar-refractivity contribution in [3.05, 3.63) is 91.7 Å². The van der Waals surface area contributed by atoms with E-state index >= 15 is 0 Å². The number of morpholine rings is 2. The highest BCUT2D eigenvalue weighted by molar-refractivity contribution is 6.33. The van der Waals surface area contributed by atoms with E-state index in [-0.39, 0.29) is 84.8 Å². The number of nitrogens with zero attached hydrogens (tertiary/aromatic N) is 8. The summed E-state index contributed by atoms with van der Waals surface area (Å²) in [5.74, 6) is 1.16. The Morgan fingerprint density at radius 1 is 0.689 bits per heavy atom. The van der Waals surface area contributed by atoms with Gasteiger partial charge in [-0.3, -0.25) is 19.2 Å². The van der Waals surface area contributed by atoms with E-state index in [1.54, 1.807) is 33.7 Å². The number of carbonyl (C=O) groups excluding carboxylic acids is 2. The van der Waals surface area contributed by atoms with E-state index in [0.29, 0.717) is 99.4 Å². The molecular formula is C52H64Cl2N12O8. The Bertz CT molecular complexity index is 3140. The maximum Gasteiger partial charge on any atom is 0.293 e. The number of anilines is 6. The lowest BCUT2D eigenvalue weighted by Gasteiger charge is -2.38. The van der Waals surface area contributed by atoms with Gasteiger partial charge in [0.2, 0.25) is 11.9 Å². The summed E-state index contributed by atoms with van der Waals surface area (Å²) in [6.45, 7) is 15.7. The second-order valence-electron chi connectivity index (χ2n) is 19.0. The van der Waals surface area contributed by atoms with Gasteiger partial charge in [-0.2, -0.15) is 9.97 Å². The van der Waals surface area contributed by atoms with Crippen molar-refractivity contribution in [2.45, 2.75) is 104 Å². The van der Waals surface area contributed by atoms with Crippen LogP contribution in [0.25, 0.3) is 21.8 Å². The summed E-state index contributed by atoms with van der Waals surface area (Å²) >= 11 is 13.3. The number of likely N-dealkylation sites (N-methyl/N-ethyl adjacent to an activating group) is 1. The number of ether oxygens (including phenoxy) is 4. The van der Waals surface area contributed by atoms with Gasteiger partial charge in [0, 0.05) is 74.0 Å². The average molecular weight is 1060 g/mol. The van der Waals surface area contributed by atoms with Crippen LogP contribution >= 0.6 is 23.2 Å². The van der Waals surface area contributed by atoms with Gasteiger partial charge in [0.15, 0.2) is 36.3 Å². The quantitative estimate of drug-likeness (QED) is 0.0615. The van der Waals surface area contributed by atoms with Gasteiger partial charge in [0.1, 0.15) is 10.0 Å². The van der Waals surface area contributed by atoms with Gasteiger partial charge in [0.25, 0.3) is 22.9 Å². The molecule has 0 unspecified atom stereocenters. The molecule has 2 aliphatic heterocycles. The highest BCUT2D eigenvalue weighted by atomic mass is 35.5. The minimum atomic E-state index is -0.393. The van der Waals surface area contributed by atoms with E-state index in [1.807, 2.05) is 82.8 Å². The van der Waals surface area contributed by atoms with Crippen molar-refractivity contribution in [1.29, 1.82) is 0 Å². The smallest absolute Gasteiger partial charge is 0.293 e. The summed E-state index contributed by atoms with van der Waals surface area (Å²) in [4.78, 5) is 75.1. The predicted octanol–water partition coefficient (Wildman–Crippen LogP) is 7.55. The fourth-order valence-corrected chi connectivity index (χ4v) is 9.46. The number of nitrogens with one attached hydrogen (secondary N) is 4. The van der Waals surface area contributed by atoms with Crippen LogP contribution in [-0.4, -0.2) is 118 Å². The lowest BCUT2D eigenvalue weighted by atomic mass is 10.1. The molecule has 0 aliphatic carbocycles. The number of halogens is 2. The molecule has 0 radical (unpaired) electrons. The zero-order valence-corrected chi connectivity index (χ0v) is 44.4. The Labute approximate surface area is 439 Å². The van der Waals surface area contributed by atoms with E-state index in [1.165, 1.54) is 7.05 Å². The molecule has 2 amide bonds. The van der Waals surface area contributed by atoms with E-state index in [4.69, 9.17) is 52.1 Å². The number of fused-ring (bicyclic) bond motifs is 2. The van der Waals surface area contributed by atoms with Crippen molar-refractivity contribution in [3.63, 3.8) is 0 Å². The molecule has 2 aliphatic rings. The second-order valence-corrected chi connectivity index (χ2v) is 19.9. The number of rotatable bonds is 19. The molecule has 2 aromatic carbocycles. The molecule has 4 atom stereocenters. The molecule has 4 N–H and O–H groups in total. The summed E-state index contributed by atoms with van der Waals surface area (Å²) in [7, 11) is 1.50. The van der Waals surface area contributed by atoms with Gasteiger partial charge in [0.05, 0.1) is 47.8 Å². The number of carbonyl (C=O) groups is 2. The van der Waals surface area contributed by atoms with Crippen molar-refractivity contribution in [1.82, 2.24) is 39.7 Å². The summed E-state index contributed by atoms with van der Waals surface area (Å²) in [5.41, 5.74) is 2.04. The standard InChI is InChI=1S/C52H64Cl2N12O8/c1-9-36-24-63(23-31(7)73-36)51-57-21-39(53)47(61-51)59-34-11-14-42-33(18-34)20-44(50(70)66(42)30(5)6)72-28-46(68)56-16-15-38-26-64(25-37(10-2)74-38)52-58-22-40(54)48(62-52)60-35-12-13-41-32(17-35)19-43(71-27-45(67)55-8)49(69)65(41)29(3)4/h11-14,17-22,29-31,36-38H,9-10,15-16,23-28H2,1-8H3,(H,55,67)(H,56,68)(H,57,59,61)(H,58,60,62)/t31-,36+,37-,38-/m1/s1. The van der Waals surface area contributed by atoms with Crippen LogP contribution in [0, 0.1) is 0 Å². The van der Waals surface area contributed by atoms with Crippen molar-refractivity contribution < 1.29 is 28.5 Å². The third-order valence-electron chi connectivity index (χ3n) is 12.8. The lowest BCUT2D eigenvalue weighted by Crippen LogP contribution is -2.49. The van der Waals surface area contributed by atoms with Gasteiger partial charge in [-0.15, -0.1) is 0 Å². The molecule has 0 spiro atoms. The molecule has 2 fully saturated rings. The Morgan fingerprint density at radius 2 is 1.16 bits per heavy atom. The largest absolute Gasteiger partial charge is 0.478 e. The highest BCUT2D eigenvalue weighted by Gasteiger charge is 2.30. The second kappa shape index (κ2) is 23.6. The van der Waals surface area contributed by atoms with Crippen molar-refractivity contribution in [2.75, 3.05) is 73.4 Å². The summed E-state index contributed by atoms with van der Waals surface area (Å²) in [5, 5.41) is 14.1. The van der Waals surface area contributed by atoms with Crippen molar-refractivity contribution in [2.24, 2.45) is 0 Å². The minimum Gasteiger partial charge on any atom is -0.478 e. The summed E-state index contributed by atoms with van der Waals surface area (Å²) in [6.07, 6.45) is 4.93. The van der Waals surface area contributed by atoms with Crippen LogP contribution in [0.1, 0.15) is 79.8 Å². The Morgan fingerprint density at radius 3 is 1.65 bits per heavy atom. The van der Waals surface area contributed by atoms with E-state index in [2.05, 4.69) is 43.1 Å². The number of benzene rings is 2. The molecule has 394 valence electrons. The molecule has 6 aromatic rings. The molecule has 4 aromatic heterocycles. The van der Waals surface area contributed by atoms with Gasteiger partial charge in [-0.05, 0) is 102 Å². The van der Waals surface area contributed by atoms with E-state index in [9.17, 15) is 19.2 Å². The maximum absolute atomic E-state index is 13.8. The Hall–Kier alpha value is -6.74. The van der Waals surface area contributed by atoms with Gasteiger partial charge >= 0.3 is 0 Å². The molecule has 6 heterocycles. The molecule has 8 rings (SSSR count). The van der Waals surface area contributed by atoms with Gasteiger partial charge in [-0.25, -0.2) is 9.97 Å². The fraction of sp³-hybridized carbons (Fsp3) is 0.462. The number of aromatic nitrogens is 6. The third kappa shape index (κ3) is 12.4.